The molecular formula is C24H25F3N2O3. The molecule has 170 valence electrons. The normalized spacial score (nSPS) is 20.0. The molecule has 0 heterocycles. The van der Waals surface area contributed by atoms with Crippen molar-refractivity contribution in [2.45, 2.75) is 43.8 Å². The Morgan fingerprint density at radius 2 is 1.81 bits per heavy atom. The van der Waals surface area contributed by atoms with Gasteiger partial charge in [0.1, 0.15) is 0 Å². The molecule has 1 N–H and O–H groups in total. The van der Waals surface area contributed by atoms with Crippen molar-refractivity contribution < 1.29 is 27.6 Å². The summed E-state index contributed by atoms with van der Waals surface area (Å²) in [5, 5.41) is 4.04. The van der Waals surface area contributed by atoms with Crippen molar-refractivity contribution in [2.24, 2.45) is 5.92 Å². The lowest BCUT2D eigenvalue weighted by Gasteiger charge is -2.22. The lowest BCUT2D eigenvalue weighted by atomic mass is 10.1. The number of alkyl halides is 3. The van der Waals surface area contributed by atoms with Gasteiger partial charge >= 0.3 is 12.1 Å². The summed E-state index contributed by atoms with van der Waals surface area (Å²) in [7, 11) is 0. The van der Waals surface area contributed by atoms with Crippen LogP contribution in [0.15, 0.2) is 54.6 Å². The first kappa shape index (κ1) is 22.3. The Kier molecular flexibility index (Phi) is 6.50. The fourth-order valence-corrected chi connectivity index (χ4v) is 3.69. The highest BCUT2D eigenvalue weighted by molar-refractivity contribution is 5.94. The van der Waals surface area contributed by atoms with Gasteiger partial charge in [-0.2, -0.15) is 18.2 Å². The molecule has 0 aromatic heterocycles. The number of hydrogen-bond acceptors (Lipinski definition) is 4. The number of hydrogen-bond donors (Lipinski definition) is 1. The monoisotopic (exact) mass is 446 g/mol. The molecule has 32 heavy (non-hydrogen) atoms. The average Bonchev–Trinajstić information content (AvgIpc) is 3.69. The van der Waals surface area contributed by atoms with E-state index in [1.807, 2.05) is 12.1 Å². The second-order valence-electron chi connectivity index (χ2n) is 8.45. The summed E-state index contributed by atoms with van der Waals surface area (Å²) >= 11 is 0. The van der Waals surface area contributed by atoms with Crippen LogP contribution in [-0.4, -0.2) is 42.2 Å². The summed E-state index contributed by atoms with van der Waals surface area (Å²) in [6, 6.07) is 16.2. The number of nitrogens with one attached hydrogen (secondary N) is 1. The van der Waals surface area contributed by atoms with E-state index in [-0.39, 0.29) is 24.4 Å². The Bertz CT molecular complexity index is 960. The van der Waals surface area contributed by atoms with Gasteiger partial charge in [0.2, 0.25) is 0 Å². The van der Waals surface area contributed by atoms with Crippen LogP contribution in [-0.2, 0) is 16.1 Å². The number of nitrogens with zero attached hydrogens (tertiary/aromatic N) is 1. The summed E-state index contributed by atoms with van der Waals surface area (Å²) in [5.74, 6) is -2.15. The maximum absolute atomic E-state index is 13.0. The Labute approximate surface area is 184 Å². The van der Waals surface area contributed by atoms with Gasteiger partial charge < -0.3 is 10.2 Å². The third kappa shape index (κ3) is 5.88. The molecule has 0 bridgehead atoms. The Morgan fingerprint density at radius 1 is 1.06 bits per heavy atom. The molecule has 2 unspecified atom stereocenters. The number of hydroxylamine groups is 2. The fraction of sp³-hybridized carbons (Fsp3) is 0.417. The zero-order chi connectivity index (χ0) is 22.7. The minimum atomic E-state index is -5.19. The number of benzene rings is 2. The molecule has 2 fully saturated rings. The lowest BCUT2D eigenvalue weighted by Crippen LogP contribution is -2.39. The topological polar surface area (TPSA) is 58.6 Å². The fourth-order valence-electron chi connectivity index (χ4n) is 3.69. The molecule has 0 saturated heterocycles. The molecule has 2 atom stereocenters. The second kappa shape index (κ2) is 9.32. The number of carbonyl (C=O) groups is 2. The molecule has 5 nitrogen and oxygen atoms in total. The molecular weight excluding hydrogens is 421 g/mol. The van der Waals surface area contributed by atoms with Crippen LogP contribution in [0, 0.1) is 5.92 Å². The van der Waals surface area contributed by atoms with Gasteiger partial charge in [-0.3, -0.25) is 4.79 Å². The van der Waals surface area contributed by atoms with Gasteiger partial charge in [0.15, 0.2) is 0 Å². The van der Waals surface area contributed by atoms with Crippen molar-refractivity contribution in [1.29, 1.82) is 0 Å². The minimum absolute atomic E-state index is 0.191. The standard InChI is InChI=1S/C24H25F3N2O3/c25-24(26,27)23(31)32-29(12-11-16-5-2-1-3-6-16)22(30)19-8-4-7-18(13-19)20-14-21(20)28-15-17-9-10-17/h1-8,13,17,20-21,28H,9-12,14-15H2. The summed E-state index contributed by atoms with van der Waals surface area (Å²) < 4.78 is 38.3. The number of amides is 1. The largest absolute Gasteiger partial charge is 0.493 e. The molecule has 2 aromatic carbocycles. The maximum Gasteiger partial charge on any atom is 0.493 e. The van der Waals surface area contributed by atoms with E-state index >= 15 is 0 Å². The van der Waals surface area contributed by atoms with E-state index in [9.17, 15) is 22.8 Å². The predicted molar refractivity (Wildman–Crippen MR) is 112 cm³/mol. The quantitative estimate of drug-likeness (QED) is 0.616. The van der Waals surface area contributed by atoms with Crippen LogP contribution in [0.5, 0.6) is 0 Å². The van der Waals surface area contributed by atoms with Gasteiger partial charge in [-0.1, -0.05) is 42.5 Å². The third-order valence-corrected chi connectivity index (χ3v) is 5.82. The molecule has 8 heteroatoms. The van der Waals surface area contributed by atoms with Crippen molar-refractivity contribution in [1.82, 2.24) is 10.4 Å². The van der Waals surface area contributed by atoms with Crippen LogP contribution < -0.4 is 5.32 Å². The van der Waals surface area contributed by atoms with Gasteiger partial charge in [0.05, 0.1) is 6.54 Å². The van der Waals surface area contributed by atoms with Gasteiger partial charge in [-0.15, -0.1) is 0 Å². The van der Waals surface area contributed by atoms with E-state index < -0.39 is 18.1 Å². The molecule has 2 aromatic rings. The van der Waals surface area contributed by atoms with Gasteiger partial charge in [0.25, 0.3) is 5.91 Å². The van der Waals surface area contributed by atoms with Gasteiger partial charge in [0, 0.05) is 17.5 Å². The van der Waals surface area contributed by atoms with Crippen LogP contribution in [0.4, 0.5) is 13.2 Å². The first-order valence-electron chi connectivity index (χ1n) is 10.8. The number of halogens is 3. The van der Waals surface area contributed by atoms with Crippen LogP contribution in [0.2, 0.25) is 0 Å². The van der Waals surface area contributed by atoms with E-state index in [2.05, 4.69) is 10.2 Å². The smallest absolute Gasteiger partial charge is 0.329 e. The summed E-state index contributed by atoms with van der Waals surface area (Å²) in [6.07, 6.45) is -1.45. The van der Waals surface area contributed by atoms with Crippen molar-refractivity contribution in [3.8, 4) is 0 Å². The Hall–Kier alpha value is -2.87. The molecule has 2 aliphatic carbocycles. The first-order chi connectivity index (χ1) is 15.3. The van der Waals surface area contributed by atoms with Crippen LogP contribution in [0.3, 0.4) is 0 Å². The molecule has 0 aliphatic heterocycles. The molecule has 2 aliphatic rings. The SMILES string of the molecule is O=C(c1cccc(C2CC2NCC2CC2)c1)N(CCc1ccccc1)OC(=O)C(F)(F)F. The minimum Gasteiger partial charge on any atom is -0.329 e. The molecule has 4 rings (SSSR count). The summed E-state index contributed by atoms with van der Waals surface area (Å²) in [5.41, 5.74) is 1.96. The van der Waals surface area contributed by atoms with E-state index in [4.69, 9.17) is 0 Å². The highest BCUT2D eigenvalue weighted by Gasteiger charge is 2.44. The molecule has 0 spiro atoms. The Morgan fingerprint density at radius 3 is 2.50 bits per heavy atom. The van der Waals surface area contributed by atoms with E-state index in [0.717, 1.165) is 30.0 Å². The van der Waals surface area contributed by atoms with Crippen molar-refractivity contribution in [3.63, 3.8) is 0 Å². The van der Waals surface area contributed by atoms with Crippen LogP contribution >= 0.6 is 0 Å². The zero-order valence-corrected chi connectivity index (χ0v) is 17.5. The highest BCUT2D eigenvalue weighted by atomic mass is 19.4. The molecule has 1 amide bonds. The molecule has 0 radical (unpaired) electrons. The van der Waals surface area contributed by atoms with Crippen LogP contribution in [0.25, 0.3) is 0 Å². The first-order valence-corrected chi connectivity index (χ1v) is 10.8. The predicted octanol–water partition coefficient (Wildman–Crippen LogP) is 4.25. The average molecular weight is 446 g/mol. The van der Waals surface area contributed by atoms with Crippen molar-refractivity contribution in [2.75, 3.05) is 13.1 Å². The van der Waals surface area contributed by atoms with Crippen LogP contribution in [0.1, 0.15) is 46.7 Å². The summed E-state index contributed by atoms with van der Waals surface area (Å²) in [4.78, 5) is 28.9. The van der Waals surface area contributed by atoms with E-state index in [0.29, 0.717) is 11.1 Å². The number of carbonyl (C=O) groups excluding carboxylic acids is 2. The molecule has 2 saturated carbocycles. The third-order valence-electron chi connectivity index (χ3n) is 5.82. The van der Waals surface area contributed by atoms with E-state index in [1.54, 1.807) is 36.4 Å². The Balaban J connectivity index is 1.45. The van der Waals surface area contributed by atoms with Crippen molar-refractivity contribution in [3.05, 3.63) is 71.3 Å². The van der Waals surface area contributed by atoms with E-state index in [1.165, 1.54) is 18.9 Å². The summed E-state index contributed by atoms with van der Waals surface area (Å²) in [6.45, 7) is 0.810. The number of rotatable bonds is 8. The second-order valence-corrected chi connectivity index (χ2v) is 8.45. The van der Waals surface area contributed by atoms with Crippen molar-refractivity contribution >= 4 is 11.9 Å². The maximum atomic E-state index is 13.0. The van der Waals surface area contributed by atoms with Gasteiger partial charge in [-0.25, -0.2) is 4.79 Å². The zero-order valence-electron chi connectivity index (χ0n) is 17.5. The van der Waals surface area contributed by atoms with Gasteiger partial charge in [-0.05, 0) is 61.4 Å². The lowest BCUT2D eigenvalue weighted by molar-refractivity contribution is -0.228. The highest BCUT2D eigenvalue weighted by Crippen LogP contribution is 2.42.